The van der Waals surface area contributed by atoms with Gasteiger partial charge in [0.15, 0.2) is 0 Å². The normalized spacial score (nSPS) is 11.8. The Labute approximate surface area is 282 Å². The van der Waals surface area contributed by atoms with E-state index in [0.29, 0.717) is 0 Å². The number of nitrogens with zero attached hydrogens (tertiary/aromatic N) is 1. The van der Waals surface area contributed by atoms with Gasteiger partial charge in [-0.2, -0.15) is 0 Å². The van der Waals surface area contributed by atoms with Gasteiger partial charge in [0.05, 0.1) is 0 Å². The van der Waals surface area contributed by atoms with Crippen molar-refractivity contribution >= 4 is 91.7 Å². The molecule has 0 aliphatic rings. The SMILES string of the molecule is c1ccc2c(c1)ccc1cc(N(c3ccc(-c4cccc5c4sc4ccccc45)cc3)c3ccc4ccc5ccccc5c4c3)ccc12. The molecule has 2 heteroatoms. The van der Waals surface area contributed by atoms with E-state index >= 15 is 0 Å². The fourth-order valence-corrected chi connectivity index (χ4v) is 8.72. The van der Waals surface area contributed by atoms with Crippen LogP contribution in [-0.4, -0.2) is 0 Å². The molecule has 0 aliphatic carbocycles. The van der Waals surface area contributed by atoms with E-state index < -0.39 is 0 Å². The molecule has 10 rings (SSSR count). The molecule has 224 valence electrons. The third-order valence-corrected chi connectivity index (χ3v) is 11.0. The van der Waals surface area contributed by atoms with Crippen molar-refractivity contribution in [3.05, 3.63) is 176 Å². The molecule has 0 N–H and O–H groups in total. The van der Waals surface area contributed by atoms with Crippen LogP contribution in [0.4, 0.5) is 17.1 Å². The minimum Gasteiger partial charge on any atom is -0.310 e. The molecule has 48 heavy (non-hydrogen) atoms. The second-order valence-electron chi connectivity index (χ2n) is 12.5. The first-order chi connectivity index (χ1) is 23.8. The first-order valence-corrected chi connectivity index (χ1v) is 17.2. The third-order valence-electron chi connectivity index (χ3n) is 9.82. The van der Waals surface area contributed by atoms with Crippen LogP contribution in [0.2, 0.25) is 0 Å². The number of hydrogen-bond donors (Lipinski definition) is 0. The number of rotatable bonds is 4. The minimum atomic E-state index is 1.13. The van der Waals surface area contributed by atoms with E-state index in [1.54, 1.807) is 0 Å². The van der Waals surface area contributed by atoms with Crippen molar-refractivity contribution in [1.82, 2.24) is 0 Å². The molecule has 1 nitrogen and oxygen atoms in total. The maximum absolute atomic E-state index is 2.40. The predicted octanol–water partition coefficient (Wildman–Crippen LogP) is 13.8. The largest absolute Gasteiger partial charge is 0.310 e. The Kier molecular flexibility index (Phi) is 6.12. The first-order valence-electron chi connectivity index (χ1n) is 16.4. The Morgan fingerprint density at radius 1 is 0.333 bits per heavy atom. The monoisotopic (exact) mass is 627 g/mol. The van der Waals surface area contributed by atoms with E-state index in [1.807, 2.05) is 11.3 Å². The summed E-state index contributed by atoms with van der Waals surface area (Å²) in [7, 11) is 0. The van der Waals surface area contributed by atoms with Crippen LogP contribution >= 0.6 is 11.3 Å². The number of hydrogen-bond acceptors (Lipinski definition) is 2. The summed E-state index contributed by atoms with van der Waals surface area (Å²) in [5.74, 6) is 0. The van der Waals surface area contributed by atoms with Crippen LogP contribution in [0.25, 0.3) is 74.4 Å². The van der Waals surface area contributed by atoms with Gasteiger partial charge in [-0.25, -0.2) is 0 Å². The number of anilines is 3. The van der Waals surface area contributed by atoms with Gasteiger partial charge in [-0.3, -0.25) is 0 Å². The van der Waals surface area contributed by atoms with Gasteiger partial charge in [0, 0.05) is 37.2 Å². The Morgan fingerprint density at radius 3 is 1.67 bits per heavy atom. The van der Waals surface area contributed by atoms with Crippen molar-refractivity contribution in [2.75, 3.05) is 4.90 Å². The van der Waals surface area contributed by atoms with E-state index in [9.17, 15) is 0 Å². The van der Waals surface area contributed by atoms with E-state index in [1.165, 1.54) is 74.4 Å². The summed E-state index contributed by atoms with van der Waals surface area (Å²) in [5, 5.41) is 12.7. The van der Waals surface area contributed by atoms with Gasteiger partial charge < -0.3 is 4.90 Å². The van der Waals surface area contributed by atoms with Gasteiger partial charge >= 0.3 is 0 Å². The summed E-state index contributed by atoms with van der Waals surface area (Å²) < 4.78 is 2.67. The van der Waals surface area contributed by atoms with Crippen molar-refractivity contribution < 1.29 is 0 Å². The lowest BCUT2D eigenvalue weighted by Gasteiger charge is -2.27. The molecule has 0 atom stereocenters. The lowest BCUT2D eigenvalue weighted by Crippen LogP contribution is -2.10. The topological polar surface area (TPSA) is 3.24 Å². The zero-order chi connectivity index (χ0) is 31.6. The van der Waals surface area contributed by atoms with Crippen molar-refractivity contribution in [3.63, 3.8) is 0 Å². The molecular formula is C46H29NS. The van der Waals surface area contributed by atoms with E-state index in [4.69, 9.17) is 0 Å². The number of fused-ring (bicyclic) bond motifs is 9. The van der Waals surface area contributed by atoms with Crippen LogP contribution in [0.5, 0.6) is 0 Å². The van der Waals surface area contributed by atoms with Gasteiger partial charge in [0.2, 0.25) is 0 Å². The average Bonchev–Trinajstić information content (AvgIpc) is 3.54. The summed E-state index contributed by atoms with van der Waals surface area (Å²) in [5.41, 5.74) is 5.91. The summed E-state index contributed by atoms with van der Waals surface area (Å²) in [6.45, 7) is 0. The first kappa shape index (κ1) is 27.2. The Morgan fingerprint density at radius 2 is 0.875 bits per heavy atom. The Bertz CT molecular complexity index is 2840. The van der Waals surface area contributed by atoms with E-state index in [0.717, 1.165) is 17.1 Å². The Hall–Kier alpha value is -5.96. The molecule has 1 aromatic heterocycles. The summed E-state index contributed by atoms with van der Waals surface area (Å²) in [4.78, 5) is 2.40. The quantitative estimate of drug-likeness (QED) is 0.176. The molecule has 0 saturated heterocycles. The van der Waals surface area contributed by atoms with Crippen molar-refractivity contribution in [2.24, 2.45) is 0 Å². The molecular weight excluding hydrogens is 599 g/mol. The van der Waals surface area contributed by atoms with Gasteiger partial charge in [-0.1, -0.05) is 133 Å². The maximum atomic E-state index is 2.40. The predicted molar refractivity (Wildman–Crippen MR) is 209 cm³/mol. The molecule has 0 saturated carbocycles. The van der Waals surface area contributed by atoms with Gasteiger partial charge in [-0.05, 0) is 96.7 Å². The molecule has 10 aromatic rings. The summed E-state index contributed by atoms with van der Waals surface area (Å²) in [6, 6.07) is 64.6. The molecule has 0 spiro atoms. The molecule has 1 heterocycles. The molecule has 0 fully saturated rings. The van der Waals surface area contributed by atoms with Crippen molar-refractivity contribution in [2.45, 2.75) is 0 Å². The third kappa shape index (κ3) is 4.31. The second kappa shape index (κ2) is 10.8. The van der Waals surface area contributed by atoms with Crippen LogP contribution in [0.15, 0.2) is 176 Å². The summed E-state index contributed by atoms with van der Waals surface area (Å²) >= 11 is 1.88. The maximum Gasteiger partial charge on any atom is 0.0468 e. The molecule has 9 aromatic carbocycles. The second-order valence-corrected chi connectivity index (χ2v) is 13.6. The molecule has 0 radical (unpaired) electrons. The average molecular weight is 628 g/mol. The van der Waals surface area contributed by atoms with Crippen molar-refractivity contribution in [3.8, 4) is 11.1 Å². The lowest BCUT2D eigenvalue weighted by atomic mass is 9.99. The highest BCUT2D eigenvalue weighted by molar-refractivity contribution is 7.26. The molecule has 0 unspecified atom stereocenters. The van der Waals surface area contributed by atoms with Crippen LogP contribution in [0.1, 0.15) is 0 Å². The van der Waals surface area contributed by atoms with Gasteiger partial charge in [0.25, 0.3) is 0 Å². The van der Waals surface area contributed by atoms with E-state index in [2.05, 4.69) is 181 Å². The van der Waals surface area contributed by atoms with Crippen LogP contribution in [0.3, 0.4) is 0 Å². The highest BCUT2D eigenvalue weighted by Crippen LogP contribution is 2.43. The van der Waals surface area contributed by atoms with E-state index in [-0.39, 0.29) is 0 Å². The molecule has 0 aliphatic heterocycles. The van der Waals surface area contributed by atoms with Crippen LogP contribution < -0.4 is 4.90 Å². The van der Waals surface area contributed by atoms with Crippen molar-refractivity contribution in [1.29, 1.82) is 0 Å². The van der Waals surface area contributed by atoms with Crippen LogP contribution in [-0.2, 0) is 0 Å². The van der Waals surface area contributed by atoms with Gasteiger partial charge in [-0.15, -0.1) is 11.3 Å². The fraction of sp³-hybridized carbons (Fsp3) is 0. The van der Waals surface area contributed by atoms with Gasteiger partial charge in [0.1, 0.15) is 0 Å². The lowest BCUT2D eigenvalue weighted by molar-refractivity contribution is 1.30. The minimum absolute atomic E-state index is 1.13. The zero-order valence-electron chi connectivity index (χ0n) is 26.1. The smallest absolute Gasteiger partial charge is 0.0468 e. The standard InChI is InChI=1S/C46H29NS/c1-3-10-38-30(8-1)18-19-34-28-36(26-27-40(34)38)47(37-25-22-33-17-16-31-9-2-4-11-39(31)44(33)29-37)35-23-20-32(21-24-35)41-13-7-14-43-42-12-5-6-15-45(42)48-46(41)43/h1-29H. The molecule has 0 amide bonds. The highest BCUT2D eigenvalue weighted by Gasteiger charge is 2.16. The summed E-state index contributed by atoms with van der Waals surface area (Å²) in [6.07, 6.45) is 0. The number of benzene rings is 9. The Balaban J connectivity index is 1.15. The molecule has 0 bridgehead atoms. The number of thiophene rings is 1. The van der Waals surface area contributed by atoms with Crippen LogP contribution in [0, 0.1) is 0 Å². The highest BCUT2D eigenvalue weighted by atomic mass is 32.1. The fourth-order valence-electron chi connectivity index (χ4n) is 7.48. The zero-order valence-corrected chi connectivity index (χ0v) is 26.9.